The third-order valence-corrected chi connectivity index (χ3v) is 2.80. The molecular weight excluding hydrogens is 252 g/mol. The Morgan fingerprint density at radius 3 is 2.47 bits per heavy atom. The monoisotopic (exact) mass is 268 g/mol. The second-order valence-corrected chi connectivity index (χ2v) is 4.02. The van der Waals surface area contributed by atoms with Crippen LogP contribution in [0.4, 0.5) is 10.7 Å². The standard InChI is InChI=1S/C10H16N6O3/c1-2-19-10(18)16-5-3-15(4-6-16)8(17)7-12-9(11)14-13-7/h2-6H2,1H3,(H3,11,12,13,14). The lowest BCUT2D eigenvalue weighted by Gasteiger charge is -2.33. The third-order valence-electron chi connectivity index (χ3n) is 2.80. The van der Waals surface area contributed by atoms with Crippen molar-refractivity contribution >= 4 is 17.9 Å². The lowest BCUT2D eigenvalue weighted by Crippen LogP contribution is -2.50. The fourth-order valence-electron chi connectivity index (χ4n) is 1.83. The van der Waals surface area contributed by atoms with E-state index in [-0.39, 0.29) is 23.8 Å². The molecule has 1 fully saturated rings. The van der Waals surface area contributed by atoms with Crippen LogP contribution in [0.25, 0.3) is 0 Å². The summed E-state index contributed by atoms with van der Waals surface area (Å²) in [4.78, 5) is 30.5. The number of nitrogens with zero attached hydrogens (tertiary/aromatic N) is 4. The van der Waals surface area contributed by atoms with Gasteiger partial charge in [-0.3, -0.25) is 9.89 Å². The van der Waals surface area contributed by atoms with Gasteiger partial charge >= 0.3 is 6.09 Å². The van der Waals surface area contributed by atoms with E-state index in [0.29, 0.717) is 32.8 Å². The molecule has 1 saturated heterocycles. The molecule has 9 nitrogen and oxygen atoms in total. The van der Waals surface area contributed by atoms with Crippen molar-refractivity contribution in [3.63, 3.8) is 0 Å². The second kappa shape index (κ2) is 5.55. The van der Waals surface area contributed by atoms with Crippen LogP contribution in [-0.4, -0.2) is 69.8 Å². The molecule has 1 aromatic heterocycles. The summed E-state index contributed by atoms with van der Waals surface area (Å²) >= 11 is 0. The molecular formula is C10H16N6O3. The SMILES string of the molecule is CCOC(=O)N1CCN(C(=O)c2nc(N)n[nH]2)CC1. The van der Waals surface area contributed by atoms with Gasteiger partial charge in [0.15, 0.2) is 0 Å². The molecule has 1 aromatic rings. The maximum absolute atomic E-state index is 12.0. The van der Waals surface area contributed by atoms with Crippen LogP contribution in [0.3, 0.4) is 0 Å². The van der Waals surface area contributed by atoms with Crippen molar-refractivity contribution in [3.8, 4) is 0 Å². The molecule has 0 aromatic carbocycles. The van der Waals surface area contributed by atoms with Crippen molar-refractivity contribution in [2.45, 2.75) is 6.92 Å². The summed E-state index contributed by atoms with van der Waals surface area (Å²) < 4.78 is 4.90. The summed E-state index contributed by atoms with van der Waals surface area (Å²) in [5.74, 6) is -0.122. The normalized spacial score (nSPS) is 15.4. The molecule has 0 radical (unpaired) electrons. The minimum absolute atomic E-state index is 0.0357. The number of nitrogens with one attached hydrogen (secondary N) is 1. The molecule has 0 saturated carbocycles. The lowest BCUT2D eigenvalue weighted by atomic mass is 10.3. The molecule has 2 heterocycles. The summed E-state index contributed by atoms with van der Waals surface area (Å²) in [6.45, 7) is 3.83. The molecule has 0 bridgehead atoms. The van der Waals surface area contributed by atoms with Gasteiger partial charge in [-0.05, 0) is 6.92 Å². The minimum atomic E-state index is -0.349. The summed E-state index contributed by atoms with van der Waals surface area (Å²) in [6, 6.07) is 0. The largest absolute Gasteiger partial charge is 0.450 e. The van der Waals surface area contributed by atoms with Crippen LogP contribution in [0.5, 0.6) is 0 Å². The van der Waals surface area contributed by atoms with Crippen LogP contribution in [0.2, 0.25) is 0 Å². The van der Waals surface area contributed by atoms with E-state index < -0.39 is 0 Å². The van der Waals surface area contributed by atoms with E-state index >= 15 is 0 Å². The maximum atomic E-state index is 12.0. The molecule has 9 heteroatoms. The quantitative estimate of drug-likeness (QED) is 0.732. The number of nitrogens with two attached hydrogens (primary N) is 1. The number of ether oxygens (including phenoxy) is 1. The number of aromatic nitrogens is 3. The first-order valence-corrected chi connectivity index (χ1v) is 6.00. The fourth-order valence-corrected chi connectivity index (χ4v) is 1.83. The van der Waals surface area contributed by atoms with Crippen LogP contribution < -0.4 is 5.73 Å². The van der Waals surface area contributed by atoms with Crippen LogP contribution in [-0.2, 0) is 4.74 Å². The van der Waals surface area contributed by atoms with Gasteiger partial charge in [-0.1, -0.05) is 0 Å². The van der Waals surface area contributed by atoms with Gasteiger partial charge in [-0.2, -0.15) is 4.98 Å². The van der Waals surface area contributed by atoms with Crippen molar-refractivity contribution in [1.82, 2.24) is 25.0 Å². The van der Waals surface area contributed by atoms with Gasteiger partial charge in [-0.25, -0.2) is 4.79 Å². The molecule has 0 spiro atoms. The van der Waals surface area contributed by atoms with Gasteiger partial charge in [0.05, 0.1) is 6.61 Å². The van der Waals surface area contributed by atoms with Gasteiger partial charge in [0.2, 0.25) is 11.8 Å². The van der Waals surface area contributed by atoms with Crippen LogP contribution in [0.15, 0.2) is 0 Å². The number of hydrogen-bond acceptors (Lipinski definition) is 6. The highest BCUT2D eigenvalue weighted by Gasteiger charge is 2.26. The third kappa shape index (κ3) is 2.92. The van der Waals surface area contributed by atoms with Crippen molar-refractivity contribution in [2.75, 3.05) is 38.5 Å². The van der Waals surface area contributed by atoms with Crippen LogP contribution in [0, 0.1) is 0 Å². The van der Waals surface area contributed by atoms with E-state index in [4.69, 9.17) is 10.5 Å². The zero-order valence-corrected chi connectivity index (χ0v) is 10.6. The Labute approximate surface area is 109 Å². The Morgan fingerprint density at radius 2 is 1.95 bits per heavy atom. The number of nitrogen functional groups attached to an aromatic ring is 1. The Balaban J connectivity index is 1.89. The van der Waals surface area contributed by atoms with Crippen molar-refractivity contribution in [1.29, 1.82) is 0 Å². The Morgan fingerprint density at radius 1 is 1.32 bits per heavy atom. The average Bonchev–Trinajstić information content (AvgIpc) is 2.85. The van der Waals surface area contributed by atoms with E-state index in [9.17, 15) is 9.59 Å². The molecule has 0 aliphatic carbocycles. The molecule has 3 N–H and O–H groups in total. The molecule has 104 valence electrons. The smallest absolute Gasteiger partial charge is 0.409 e. The van der Waals surface area contributed by atoms with E-state index in [1.54, 1.807) is 16.7 Å². The first-order chi connectivity index (χ1) is 9.11. The topological polar surface area (TPSA) is 117 Å². The van der Waals surface area contributed by atoms with E-state index in [1.165, 1.54) is 0 Å². The highest BCUT2D eigenvalue weighted by molar-refractivity contribution is 5.90. The first-order valence-electron chi connectivity index (χ1n) is 6.00. The predicted molar refractivity (Wildman–Crippen MR) is 65.3 cm³/mol. The number of carbonyl (C=O) groups excluding carboxylic acids is 2. The van der Waals surface area contributed by atoms with Gasteiger partial charge < -0.3 is 20.3 Å². The maximum Gasteiger partial charge on any atom is 0.409 e. The second-order valence-electron chi connectivity index (χ2n) is 4.02. The molecule has 19 heavy (non-hydrogen) atoms. The predicted octanol–water partition coefficient (Wildman–Crippen LogP) is -0.699. The molecule has 0 atom stereocenters. The summed E-state index contributed by atoms with van der Waals surface area (Å²) in [5, 5.41) is 6.08. The number of aromatic amines is 1. The number of rotatable bonds is 2. The number of piperazine rings is 1. The molecule has 2 rings (SSSR count). The zero-order chi connectivity index (χ0) is 13.8. The number of H-pyrrole nitrogens is 1. The van der Waals surface area contributed by atoms with E-state index in [1.807, 2.05) is 0 Å². The van der Waals surface area contributed by atoms with Gasteiger partial charge in [0.1, 0.15) is 0 Å². The average molecular weight is 268 g/mol. The zero-order valence-electron chi connectivity index (χ0n) is 10.6. The summed E-state index contributed by atoms with van der Waals surface area (Å²) in [7, 11) is 0. The Bertz CT molecular complexity index is 466. The van der Waals surface area contributed by atoms with Gasteiger partial charge in [-0.15, -0.1) is 5.10 Å². The van der Waals surface area contributed by atoms with E-state index in [2.05, 4.69) is 15.2 Å². The lowest BCUT2D eigenvalue weighted by molar-refractivity contribution is 0.0561. The van der Waals surface area contributed by atoms with Crippen LogP contribution in [0.1, 0.15) is 17.5 Å². The Hall–Kier alpha value is -2.32. The molecule has 1 aliphatic heterocycles. The highest BCUT2D eigenvalue weighted by Crippen LogP contribution is 2.07. The van der Waals surface area contributed by atoms with Crippen molar-refractivity contribution in [2.24, 2.45) is 0 Å². The van der Waals surface area contributed by atoms with Crippen molar-refractivity contribution < 1.29 is 14.3 Å². The first kappa shape index (κ1) is 13.1. The summed E-state index contributed by atoms with van der Waals surface area (Å²) in [5.41, 5.74) is 5.35. The molecule has 0 unspecified atom stereocenters. The number of carbonyl (C=O) groups is 2. The van der Waals surface area contributed by atoms with Crippen LogP contribution >= 0.6 is 0 Å². The number of amides is 2. The highest BCUT2D eigenvalue weighted by atomic mass is 16.6. The number of anilines is 1. The number of hydrogen-bond donors (Lipinski definition) is 2. The Kier molecular flexibility index (Phi) is 3.83. The van der Waals surface area contributed by atoms with E-state index in [0.717, 1.165) is 0 Å². The molecule has 1 aliphatic rings. The van der Waals surface area contributed by atoms with Gasteiger partial charge in [0, 0.05) is 26.2 Å². The fraction of sp³-hybridized carbons (Fsp3) is 0.600. The molecule has 2 amide bonds. The van der Waals surface area contributed by atoms with Gasteiger partial charge in [0.25, 0.3) is 5.91 Å². The summed E-state index contributed by atoms with van der Waals surface area (Å²) in [6.07, 6.45) is -0.349. The van der Waals surface area contributed by atoms with Crippen molar-refractivity contribution in [3.05, 3.63) is 5.82 Å². The minimum Gasteiger partial charge on any atom is -0.450 e.